The summed E-state index contributed by atoms with van der Waals surface area (Å²) in [5.41, 5.74) is -0.798. The minimum atomic E-state index is -4.72. The molecule has 0 aliphatic rings. The third-order valence-corrected chi connectivity index (χ3v) is 3.29. The van der Waals surface area contributed by atoms with Crippen LogP contribution in [0.2, 0.25) is 0 Å². The first-order valence-electron chi connectivity index (χ1n) is 4.50. The molecule has 1 aromatic rings. The predicted molar refractivity (Wildman–Crippen MR) is 51.7 cm³/mol. The zero-order valence-corrected chi connectivity index (χ0v) is 9.72. The van der Waals surface area contributed by atoms with Crippen molar-refractivity contribution in [3.05, 3.63) is 11.8 Å². The number of rotatable bonds is 6. The molecular weight excluding hydrogens is 298 g/mol. The molecule has 0 bridgehead atoms. The van der Waals surface area contributed by atoms with Crippen molar-refractivity contribution in [3.8, 4) is 0 Å². The lowest BCUT2D eigenvalue weighted by Gasteiger charge is -2.15. The molecule has 19 heavy (non-hydrogen) atoms. The van der Waals surface area contributed by atoms with Crippen LogP contribution in [0.1, 0.15) is 10.4 Å². The van der Waals surface area contributed by atoms with Crippen LogP contribution in [0.15, 0.2) is 11.2 Å². The number of hydrogen-bond acceptors (Lipinski definition) is 4. The Kier molecular flexibility index (Phi) is 4.15. The predicted octanol–water partition coefficient (Wildman–Crippen LogP) is 0.287. The fourth-order valence-electron chi connectivity index (χ4n) is 0.972. The summed E-state index contributed by atoms with van der Waals surface area (Å²) in [5.74, 6) is -6.24. The van der Waals surface area contributed by atoms with Gasteiger partial charge in [0.25, 0.3) is 10.0 Å². The number of aromatic nitrogens is 2. The second kappa shape index (κ2) is 5.13. The third-order valence-electron chi connectivity index (χ3n) is 1.92. The van der Waals surface area contributed by atoms with Gasteiger partial charge >= 0.3 is 18.3 Å². The Morgan fingerprint density at radius 1 is 1.53 bits per heavy atom. The van der Waals surface area contributed by atoms with Crippen LogP contribution in [0.3, 0.4) is 0 Å². The van der Waals surface area contributed by atoms with Gasteiger partial charge in [0.1, 0.15) is 5.56 Å². The van der Waals surface area contributed by atoms with Crippen LogP contribution >= 0.6 is 0 Å². The van der Waals surface area contributed by atoms with Crippen molar-refractivity contribution in [2.45, 2.75) is 17.4 Å². The van der Waals surface area contributed by atoms with Crippen LogP contribution in [0.5, 0.6) is 0 Å². The van der Waals surface area contributed by atoms with E-state index in [4.69, 9.17) is 5.11 Å². The summed E-state index contributed by atoms with van der Waals surface area (Å²) in [4.78, 5) is 10.6. The van der Waals surface area contributed by atoms with E-state index in [2.05, 4.69) is 5.10 Å². The summed E-state index contributed by atoms with van der Waals surface area (Å²) in [6.07, 6.45) is -3.42. The minimum Gasteiger partial charge on any atom is -0.478 e. The Hall–Kier alpha value is -1.69. The Balaban J connectivity index is 2.94. The SMILES string of the molecule is O=C(O)c1cn[nH]c1S(=O)(=O)NCC(F)(F)C(F)F. The first kappa shape index (κ1) is 15.4. The summed E-state index contributed by atoms with van der Waals surface area (Å²) in [6.45, 7) is -1.87. The van der Waals surface area contributed by atoms with E-state index < -0.39 is 45.5 Å². The molecule has 0 atom stereocenters. The topological polar surface area (TPSA) is 112 Å². The largest absolute Gasteiger partial charge is 0.478 e. The van der Waals surface area contributed by atoms with Gasteiger partial charge in [-0.25, -0.2) is 26.7 Å². The van der Waals surface area contributed by atoms with Gasteiger partial charge in [0.15, 0.2) is 5.03 Å². The smallest absolute Gasteiger partial charge is 0.340 e. The molecule has 0 amide bonds. The monoisotopic (exact) mass is 305 g/mol. The summed E-state index contributed by atoms with van der Waals surface area (Å²) < 4.78 is 72.9. The molecule has 0 aromatic carbocycles. The maximum Gasteiger partial charge on any atom is 0.340 e. The van der Waals surface area contributed by atoms with Crippen LogP contribution in [0.25, 0.3) is 0 Å². The third kappa shape index (κ3) is 3.41. The second-order valence-electron chi connectivity index (χ2n) is 3.30. The zero-order valence-electron chi connectivity index (χ0n) is 8.90. The molecule has 0 aliphatic carbocycles. The van der Waals surface area contributed by atoms with Crippen LogP contribution < -0.4 is 4.72 Å². The van der Waals surface area contributed by atoms with E-state index in [9.17, 15) is 30.8 Å². The average molecular weight is 305 g/mol. The number of carboxylic acid groups (broad SMARTS) is 1. The summed E-state index contributed by atoms with van der Waals surface area (Å²) in [7, 11) is -4.72. The molecule has 108 valence electrons. The highest BCUT2D eigenvalue weighted by Gasteiger charge is 2.42. The van der Waals surface area contributed by atoms with E-state index >= 15 is 0 Å². The quantitative estimate of drug-likeness (QED) is 0.654. The Morgan fingerprint density at radius 3 is 2.58 bits per heavy atom. The van der Waals surface area contributed by atoms with Crippen molar-refractivity contribution < 1.29 is 35.9 Å². The molecule has 0 saturated carbocycles. The fourth-order valence-corrected chi connectivity index (χ4v) is 2.10. The molecule has 1 aromatic heterocycles. The molecule has 0 saturated heterocycles. The number of nitrogens with zero attached hydrogens (tertiary/aromatic N) is 1. The summed E-state index contributed by atoms with van der Waals surface area (Å²) >= 11 is 0. The first-order valence-corrected chi connectivity index (χ1v) is 5.98. The molecule has 0 radical (unpaired) electrons. The standard InChI is InChI=1S/C7H7F4N3O4S/c8-6(9)7(10,11)2-13-19(17,18)4-3(5(15)16)1-12-14-4/h1,6,13H,2H2,(H,12,14)(H,15,16). The Bertz CT molecular complexity index is 571. The van der Waals surface area contributed by atoms with E-state index in [1.54, 1.807) is 5.10 Å². The van der Waals surface area contributed by atoms with Gasteiger partial charge in [-0.3, -0.25) is 5.10 Å². The van der Waals surface area contributed by atoms with Crippen molar-refractivity contribution >= 4 is 16.0 Å². The Labute approximate surface area is 103 Å². The van der Waals surface area contributed by atoms with Gasteiger partial charge in [-0.15, -0.1) is 0 Å². The molecule has 1 rings (SSSR count). The lowest BCUT2D eigenvalue weighted by atomic mass is 10.4. The number of alkyl halides is 4. The molecule has 0 aliphatic heterocycles. The van der Waals surface area contributed by atoms with E-state index in [1.165, 1.54) is 4.72 Å². The van der Waals surface area contributed by atoms with Crippen LogP contribution in [-0.2, 0) is 10.0 Å². The number of carboxylic acids is 1. The fraction of sp³-hybridized carbons (Fsp3) is 0.429. The highest BCUT2D eigenvalue weighted by atomic mass is 32.2. The molecule has 0 unspecified atom stereocenters. The molecule has 0 fully saturated rings. The van der Waals surface area contributed by atoms with E-state index in [0.717, 1.165) is 0 Å². The number of aromatic amines is 1. The number of carbonyl (C=O) groups is 1. The summed E-state index contributed by atoms with van der Waals surface area (Å²) in [5, 5.41) is 12.5. The van der Waals surface area contributed by atoms with Crippen LogP contribution in [-0.4, -0.2) is 48.6 Å². The normalized spacial score (nSPS) is 12.9. The van der Waals surface area contributed by atoms with Gasteiger partial charge < -0.3 is 5.11 Å². The second-order valence-corrected chi connectivity index (χ2v) is 5.01. The van der Waals surface area contributed by atoms with Crippen molar-refractivity contribution in [1.82, 2.24) is 14.9 Å². The van der Waals surface area contributed by atoms with E-state index in [0.29, 0.717) is 6.20 Å². The number of hydrogen-bond donors (Lipinski definition) is 3. The van der Waals surface area contributed by atoms with Gasteiger partial charge in [0.2, 0.25) is 0 Å². The maximum absolute atomic E-state index is 12.6. The van der Waals surface area contributed by atoms with Crippen molar-refractivity contribution in [3.63, 3.8) is 0 Å². The molecule has 0 spiro atoms. The van der Waals surface area contributed by atoms with E-state index in [-0.39, 0.29) is 0 Å². The lowest BCUT2D eigenvalue weighted by molar-refractivity contribution is -0.122. The molecule has 12 heteroatoms. The maximum atomic E-state index is 12.6. The number of aromatic carboxylic acids is 1. The van der Waals surface area contributed by atoms with Crippen LogP contribution in [0.4, 0.5) is 17.6 Å². The van der Waals surface area contributed by atoms with Gasteiger partial charge in [0.05, 0.1) is 12.7 Å². The number of H-pyrrole nitrogens is 1. The first-order chi connectivity index (χ1) is 8.58. The average Bonchev–Trinajstić information content (AvgIpc) is 2.76. The molecule has 1 heterocycles. The van der Waals surface area contributed by atoms with Gasteiger partial charge in [-0.2, -0.15) is 13.9 Å². The highest BCUT2D eigenvalue weighted by molar-refractivity contribution is 7.89. The zero-order chi connectivity index (χ0) is 14.8. The molecular formula is C7H7F4N3O4S. The lowest BCUT2D eigenvalue weighted by Crippen LogP contribution is -2.41. The van der Waals surface area contributed by atoms with E-state index in [1.807, 2.05) is 0 Å². The number of nitrogens with one attached hydrogen (secondary N) is 2. The number of halogens is 4. The molecule has 3 N–H and O–H groups in total. The van der Waals surface area contributed by atoms with Crippen molar-refractivity contribution in [2.75, 3.05) is 6.54 Å². The minimum absolute atomic E-state index is 0.641. The van der Waals surface area contributed by atoms with Crippen molar-refractivity contribution in [1.29, 1.82) is 0 Å². The van der Waals surface area contributed by atoms with Gasteiger partial charge in [-0.1, -0.05) is 0 Å². The molecule has 7 nitrogen and oxygen atoms in total. The Morgan fingerprint density at radius 2 is 2.11 bits per heavy atom. The summed E-state index contributed by atoms with van der Waals surface area (Å²) in [6, 6.07) is 0. The van der Waals surface area contributed by atoms with Gasteiger partial charge in [0, 0.05) is 0 Å². The van der Waals surface area contributed by atoms with Crippen LogP contribution in [0, 0.1) is 0 Å². The number of sulfonamides is 1. The van der Waals surface area contributed by atoms with Gasteiger partial charge in [-0.05, 0) is 0 Å². The van der Waals surface area contributed by atoms with Crippen molar-refractivity contribution in [2.24, 2.45) is 0 Å². The highest BCUT2D eigenvalue weighted by Crippen LogP contribution is 2.22.